The van der Waals surface area contributed by atoms with E-state index in [4.69, 9.17) is 20.9 Å². The molecule has 1 aromatic carbocycles. The number of rotatable bonds is 5. The van der Waals surface area contributed by atoms with E-state index in [-0.39, 0.29) is 12.7 Å². The maximum absolute atomic E-state index is 6.10. The molecule has 0 radical (unpaired) electrons. The molecule has 0 amide bonds. The summed E-state index contributed by atoms with van der Waals surface area (Å²) in [5.41, 5.74) is 0.686. The molecule has 4 rings (SSSR count). The van der Waals surface area contributed by atoms with E-state index in [1.165, 1.54) is 0 Å². The number of aromatic nitrogens is 6. The van der Waals surface area contributed by atoms with Crippen molar-refractivity contribution in [1.82, 2.24) is 30.3 Å². The van der Waals surface area contributed by atoms with Gasteiger partial charge >= 0.3 is 6.08 Å². The predicted molar refractivity (Wildman–Crippen MR) is 75.2 cm³/mol. The van der Waals surface area contributed by atoms with E-state index < -0.39 is 0 Å². The van der Waals surface area contributed by atoms with Crippen molar-refractivity contribution in [1.29, 1.82) is 0 Å². The highest BCUT2D eigenvalue weighted by molar-refractivity contribution is 6.33. The van der Waals surface area contributed by atoms with Crippen molar-refractivity contribution in [2.75, 3.05) is 0 Å². The molecule has 9 heteroatoms. The van der Waals surface area contributed by atoms with Crippen LogP contribution in [0.1, 0.15) is 24.7 Å². The third kappa shape index (κ3) is 2.52. The van der Waals surface area contributed by atoms with Gasteiger partial charge in [-0.3, -0.25) is 4.52 Å². The topological polar surface area (TPSA) is 91.8 Å². The summed E-state index contributed by atoms with van der Waals surface area (Å²) in [6, 6.07) is 7.64. The van der Waals surface area contributed by atoms with Crippen molar-refractivity contribution >= 4 is 11.6 Å². The maximum Gasteiger partial charge on any atom is 0.418 e. The molecule has 0 bridgehead atoms. The van der Waals surface area contributed by atoms with Crippen LogP contribution in [0.3, 0.4) is 0 Å². The van der Waals surface area contributed by atoms with Crippen LogP contribution in [-0.4, -0.2) is 30.3 Å². The van der Waals surface area contributed by atoms with Gasteiger partial charge in [-0.15, -0.1) is 5.10 Å². The minimum atomic E-state index is 0.0558. The van der Waals surface area contributed by atoms with Gasteiger partial charge in [0.25, 0.3) is 0 Å². The Morgan fingerprint density at radius 1 is 1.32 bits per heavy atom. The average Bonchev–Trinajstić information content (AvgIpc) is 3.09. The van der Waals surface area contributed by atoms with Crippen LogP contribution in [0.4, 0.5) is 0 Å². The first kappa shape index (κ1) is 13.2. The van der Waals surface area contributed by atoms with Crippen molar-refractivity contribution in [2.45, 2.75) is 25.5 Å². The van der Waals surface area contributed by atoms with Crippen molar-refractivity contribution in [2.24, 2.45) is 0 Å². The first-order chi connectivity index (χ1) is 10.8. The largest absolute Gasteiger partial charge is 0.441 e. The molecule has 2 heterocycles. The lowest BCUT2D eigenvalue weighted by Crippen LogP contribution is -2.07. The van der Waals surface area contributed by atoms with Gasteiger partial charge in [-0.25, -0.2) is 4.68 Å². The van der Waals surface area contributed by atoms with Crippen LogP contribution < -0.4 is 4.74 Å². The Labute approximate surface area is 130 Å². The fourth-order valence-electron chi connectivity index (χ4n) is 2.06. The molecule has 1 fully saturated rings. The smallest absolute Gasteiger partial charge is 0.418 e. The molecule has 112 valence electrons. The predicted octanol–water partition coefficient (Wildman–Crippen LogP) is 2.29. The first-order valence-corrected chi connectivity index (χ1v) is 7.17. The van der Waals surface area contributed by atoms with Crippen LogP contribution in [0.2, 0.25) is 5.02 Å². The molecule has 2 aromatic heterocycles. The summed E-state index contributed by atoms with van der Waals surface area (Å²) in [5, 5.41) is 16.0. The van der Waals surface area contributed by atoms with Gasteiger partial charge in [0, 0.05) is 5.56 Å². The molecule has 22 heavy (non-hydrogen) atoms. The molecule has 3 aromatic rings. The molecule has 0 aliphatic heterocycles. The molecule has 0 atom stereocenters. The Bertz CT molecular complexity index is 797. The van der Waals surface area contributed by atoms with Crippen LogP contribution in [0.25, 0.3) is 11.4 Å². The highest BCUT2D eigenvalue weighted by Gasteiger charge is 2.28. The van der Waals surface area contributed by atoms with Gasteiger partial charge < -0.3 is 4.74 Å². The Kier molecular flexibility index (Phi) is 3.23. The molecule has 0 spiro atoms. The summed E-state index contributed by atoms with van der Waals surface area (Å²) >= 11 is 6.10. The maximum atomic E-state index is 6.10. The van der Waals surface area contributed by atoms with E-state index in [1.807, 2.05) is 18.2 Å². The van der Waals surface area contributed by atoms with Crippen molar-refractivity contribution in [3.8, 4) is 17.5 Å². The van der Waals surface area contributed by atoms with Crippen LogP contribution in [0, 0.1) is 0 Å². The second kappa shape index (κ2) is 5.38. The Balaban J connectivity index is 1.48. The third-order valence-electron chi connectivity index (χ3n) is 3.30. The monoisotopic (exact) mass is 318 g/mol. The molecule has 0 unspecified atom stereocenters. The summed E-state index contributed by atoms with van der Waals surface area (Å²) in [6.07, 6.45) is 2.24. The number of halogens is 1. The van der Waals surface area contributed by atoms with E-state index in [9.17, 15) is 0 Å². The summed E-state index contributed by atoms with van der Waals surface area (Å²) in [6.45, 7) is 0.174. The SMILES string of the molecule is Clc1ccccc1-c1noc(OCc2nnnn2C2CC2)n1. The first-order valence-electron chi connectivity index (χ1n) is 6.79. The van der Waals surface area contributed by atoms with E-state index in [1.54, 1.807) is 10.7 Å². The Morgan fingerprint density at radius 3 is 3.00 bits per heavy atom. The fourth-order valence-corrected chi connectivity index (χ4v) is 2.28. The van der Waals surface area contributed by atoms with Gasteiger partial charge in [-0.05, 0) is 35.4 Å². The van der Waals surface area contributed by atoms with Gasteiger partial charge in [0.2, 0.25) is 5.82 Å². The van der Waals surface area contributed by atoms with Crippen molar-refractivity contribution < 1.29 is 9.26 Å². The minimum absolute atomic E-state index is 0.0558. The summed E-state index contributed by atoms with van der Waals surface area (Å²) in [4.78, 5) is 4.17. The molecule has 1 aliphatic carbocycles. The second-order valence-corrected chi connectivity index (χ2v) is 5.33. The van der Waals surface area contributed by atoms with Crippen molar-refractivity contribution in [3.05, 3.63) is 35.1 Å². The lowest BCUT2D eigenvalue weighted by atomic mass is 10.2. The number of ether oxygens (including phenoxy) is 1. The van der Waals surface area contributed by atoms with E-state index >= 15 is 0 Å². The quantitative estimate of drug-likeness (QED) is 0.712. The van der Waals surface area contributed by atoms with Gasteiger partial charge in [-0.1, -0.05) is 28.9 Å². The lowest BCUT2D eigenvalue weighted by Gasteiger charge is -2.01. The molecule has 8 nitrogen and oxygen atoms in total. The summed E-state index contributed by atoms with van der Waals surface area (Å²) in [7, 11) is 0. The molecular formula is C13H11ClN6O2. The number of hydrogen-bond donors (Lipinski definition) is 0. The van der Waals surface area contributed by atoms with Crippen LogP contribution in [0.15, 0.2) is 28.8 Å². The molecule has 0 saturated heterocycles. The van der Waals surface area contributed by atoms with Gasteiger partial charge in [0.1, 0.15) is 0 Å². The Hall–Kier alpha value is -2.48. The summed E-state index contributed by atoms with van der Waals surface area (Å²) in [5.74, 6) is 1.02. The zero-order valence-electron chi connectivity index (χ0n) is 11.4. The number of benzene rings is 1. The fraction of sp³-hybridized carbons (Fsp3) is 0.308. The van der Waals surface area contributed by atoms with Crippen molar-refractivity contribution in [3.63, 3.8) is 0 Å². The molecule has 1 saturated carbocycles. The second-order valence-electron chi connectivity index (χ2n) is 4.92. The zero-order chi connectivity index (χ0) is 14.9. The highest BCUT2D eigenvalue weighted by atomic mass is 35.5. The van der Waals surface area contributed by atoms with E-state index in [2.05, 4.69) is 25.7 Å². The molecule has 0 N–H and O–H groups in total. The number of tetrazole rings is 1. The zero-order valence-corrected chi connectivity index (χ0v) is 12.1. The van der Waals surface area contributed by atoms with Gasteiger partial charge in [0.15, 0.2) is 12.4 Å². The lowest BCUT2D eigenvalue weighted by molar-refractivity contribution is 0.186. The average molecular weight is 319 g/mol. The van der Waals surface area contributed by atoms with Crippen LogP contribution in [0.5, 0.6) is 6.08 Å². The van der Waals surface area contributed by atoms with Crippen LogP contribution >= 0.6 is 11.6 Å². The Morgan fingerprint density at radius 2 is 2.18 bits per heavy atom. The van der Waals surface area contributed by atoms with E-state index in [0.29, 0.717) is 28.3 Å². The standard InChI is InChI=1S/C13H11ClN6O2/c14-10-4-2-1-3-9(10)12-15-13(22-17-12)21-7-11-16-18-19-20(11)8-5-6-8/h1-4,8H,5-7H2. The normalized spacial score (nSPS) is 14.2. The number of hydrogen-bond acceptors (Lipinski definition) is 7. The number of nitrogens with zero attached hydrogens (tertiary/aromatic N) is 6. The van der Waals surface area contributed by atoms with Gasteiger partial charge in [0.05, 0.1) is 11.1 Å². The van der Waals surface area contributed by atoms with Gasteiger partial charge in [-0.2, -0.15) is 4.98 Å². The third-order valence-corrected chi connectivity index (χ3v) is 3.63. The van der Waals surface area contributed by atoms with Crippen LogP contribution in [-0.2, 0) is 6.61 Å². The summed E-state index contributed by atoms with van der Waals surface area (Å²) < 4.78 is 12.3. The van der Waals surface area contributed by atoms with E-state index in [0.717, 1.165) is 12.8 Å². The minimum Gasteiger partial charge on any atom is -0.441 e. The molecule has 1 aliphatic rings. The highest BCUT2D eigenvalue weighted by Crippen LogP contribution is 2.34. The molecular weight excluding hydrogens is 308 g/mol.